The van der Waals surface area contributed by atoms with Gasteiger partial charge in [-0.2, -0.15) is 0 Å². The van der Waals surface area contributed by atoms with Gasteiger partial charge in [0.15, 0.2) is 5.11 Å². The zero-order valence-electron chi connectivity index (χ0n) is 17.2. The molecule has 1 aliphatic rings. The maximum absolute atomic E-state index is 11.8. The van der Waals surface area contributed by atoms with Gasteiger partial charge in [-0.15, -0.1) is 0 Å². The van der Waals surface area contributed by atoms with Gasteiger partial charge in [0, 0.05) is 24.0 Å². The second kappa shape index (κ2) is 8.28. The van der Waals surface area contributed by atoms with E-state index >= 15 is 0 Å². The normalized spacial score (nSPS) is 18.4. The monoisotopic (exact) mass is 420 g/mol. The standard InChI is InChI=1S/C23H24N4O2S/c1-4-20(28)25-17-10-9-16(13-14(17)2)27-22(19-11-8-15(3)29-19)21(26-23(27)30)18-7-5-6-12-24-18/h5-13,21-22H,4H2,1-3H3,(H,25,28)(H,26,30)/t21-,22+/m1/s1. The fraction of sp³-hybridized carbons (Fsp3) is 0.261. The first-order valence-electron chi connectivity index (χ1n) is 9.95. The second-order valence-electron chi connectivity index (χ2n) is 7.35. The molecule has 1 aromatic carbocycles. The molecule has 0 radical (unpaired) electrons. The summed E-state index contributed by atoms with van der Waals surface area (Å²) in [5, 5.41) is 6.96. The molecule has 3 aromatic rings. The van der Waals surface area contributed by atoms with Crippen molar-refractivity contribution in [3.05, 3.63) is 77.5 Å². The molecule has 7 heteroatoms. The van der Waals surface area contributed by atoms with E-state index in [4.69, 9.17) is 16.6 Å². The number of aryl methyl sites for hydroxylation is 2. The third kappa shape index (κ3) is 3.80. The van der Waals surface area contributed by atoms with Crippen LogP contribution in [0.25, 0.3) is 0 Å². The van der Waals surface area contributed by atoms with Crippen molar-refractivity contribution in [1.29, 1.82) is 0 Å². The van der Waals surface area contributed by atoms with Gasteiger partial charge >= 0.3 is 0 Å². The Morgan fingerprint density at radius 2 is 2.07 bits per heavy atom. The number of hydrogen-bond donors (Lipinski definition) is 2. The number of carbonyl (C=O) groups excluding carboxylic acids is 1. The molecule has 2 aromatic heterocycles. The maximum Gasteiger partial charge on any atom is 0.224 e. The predicted molar refractivity (Wildman–Crippen MR) is 121 cm³/mol. The number of rotatable bonds is 5. The summed E-state index contributed by atoms with van der Waals surface area (Å²) in [6, 6.07) is 15.4. The highest BCUT2D eigenvalue weighted by Gasteiger charge is 2.42. The molecule has 2 N–H and O–H groups in total. The first-order chi connectivity index (χ1) is 14.5. The van der Waals surface area contributed by atoms with Gasteiger partial charge in [-0.25, -0.2) is 0 Å². The number of nitrogens with zero attached hydrogens (tertiary/aromatic N) is 2. The molecule has 1 fully saturated rings. The summed E-state index contributed by atoms with van der Waals surface area (Å²) in [5.74, 6) is 1.65. The first kappa shape index (κ1) is 20.1. The van der Waals surface area contributed by atoms with Gasteiger partial charge in [0.2, 0.25) is 5.91 Å². The summed E-state index contributed by atoms with van der Waals surface area (Å²) < 4.78 is 6.01. The van der Waals surface area contributed by atoms with Gasteiger partial charge in [0.25, 0.3) is 0 Å². The van der Waals surface area contributed by atoms with Crippen LogP contribution in [0.3, 0.4) is 0 Å². The minimum atomic E-state index is -0.184. The molecule has 0 bridgehead atoms. The Bertz CT molecular complexity index is 1080. The lowest BCUT2D eigenvalue weighted by Gasteiger charge is -2.26. The third-order valence-electron chi connectivity index (χ3n) is 5.23. The Hall–Kier alpha value is -3.19. The maximum atomic E-state index is 11.8. The van der Waals surface area contributed by atoms with E-state index in [-0.39, 0.29) is 18.0 Å². The van der Waals surface area contributed by atoms with Crippen molar-refractivity contribution in [2.24, 2.45) is 0 Å². The fourth-order valence-electron chi connectivity index (χ4n) is 3.71. The van der Waals surface area contributed by atoms with Crippen molar-refractivity contribution in [3.63, 3.8) is 0 Å². The average molecular weight is 421 g/mol. The number of hydrogen-bond acceptors (Lipinski definition) is 4. The highest BCUT2D eigenvalue weighted by Crippen LogP contribution is 2.42. The molecule has 1 aliphatic heterocycles. The van der Waals surface area contributed by atoms with Gasteiger partial charge in [-0.1, -0.05) is 13.0 Å². The number of carbonyl (C=O) groups is 1. The van der Waals surface area contributed by atoms with E-state index in [1.807, 2.05) is 69.3 Å². The third-order valence-corrected chi connectivity index (χ3v) is 5.55. The number of benzene rings is 1. The van der Waals surface area contributed by atoms with Crippen LogP contribution in [0.5, 0.6) is 0 Å². The zero-order chi connectivity index (χ0) is 21.3. The van der Waals surface area contributed by atoms with Gasteiger partial charge < -0.3 is 20.0 Å². The molecule has 1 saturated heterocycles. The van der Waals surface area contributed by atoms with E-state index < -0.39 is 0 Å². The Morgan fingerprint density at radius 1 is 1.23 bits per heavy atom. The quantitative estimate of drug-likeness (QED) is 0.577. The number of amides is 1. The smallest absolute Gasteiger partial charge is 0.224 e. The minimum Gasteiger partial charge on any atom is -0.464 e. The highest BCUT2D eigenvalue weighted by molar-refractivity contribution is 7.80. The molecule has 3 heterocycles. The predicted octanol–water partition coefficient (Wildman–Crippen LogP) is 4.82. The van der Waals surface area contributed by atoms with E-state index in [2.05, 4.69) is 20.5 Å². The van der Waals surface area contributed by atoms with Gasteiger partial charge in [-0.3, -0.25) is 9.78 Å². The molecule has 1 amide bonds. The van der Waals surface area contributed by atoms with Gasteiger partial charge in [0.1, 0.15) is 17.6 Å². The van der Waals surface area contributed by atoms with Crippen molar-refractivity contribution >= 4 is 34.6 Å². The number of aromatic nitrogens is 1. The van der Waals surface area contributed by atoms with E-state index in [9.17, 15) is 4.79 Å². The fourth-order valence-corrected chi connectivity index (χ4v) is 4.06. The SMILES string of the molecule is CCC(=O)Nc1ccc(N2C(=S)N[C@H](c3ccccn3)[C@@H]2c2ccc(C)o2)cc1C. The lowest BCUT2D eigenvalue weighted by Crippen LogP contribution is -2.29. The van der Waals surface area contributed by atoms with E-state index in [0.29, 0.717) is 11.5 Å². The van der Waals surface area contributed by atoms with E-state index in [0.717, 1.165) is 34.2 Å². The molecule has 0 unspecified atom stereocenters. The lowest BCUT2D eigenvalue weighted by atomic mass is 10.0. The molecule has 30 heavy (non-hydrogen) atoms. The van der Waals surface area contributed by atoms with Crippen LogP contribution in [0.15, 0.2) is 59.1 Å². The largest absolute Gasteiger partial charge is 0.464 e. The summed E-state index contributed by atoms with van der Waals surface area (Å²) >= 11 is 5.72. The van der Waals surface area contributed by atoms with Crippen molar-refractivity contribution in [2.45, 2.75) is 39.3 Å². The number of pyridine rings is 1. The molecule has 0 aliphatic carbocycles. The van der Waals surface area contributed by atoms with Crippen molar-refractivity contribution in [3.8, 4) is 0 Å². The van der Waals surface area contributed by atoms with Gasteiger partial charge in [-0.05, 0) is 74.1 Å². The Kier molecular flexibility index (Phi) is 5.55. The first-order valence-corrected chi connectivity index (χ1v) is 10.4. The summed E-state index contributed by atoms with van der Waals surface area (Å²) in [6.45, 7) is 5.74. The van der Waals surface area contributed by atoms with Crippen molar-refractivity contribution < 1.29 is 9.21 Å². The van der Waals surface area contributed by atoms with Crippen molar-refractivity contribution in [1.82, 2.24) is 10.3 Å². The second-order valence-corrected chi connectivity index (χ2v) is 7.73. The van der Waals surface area contributed by atoms with Crippen LogP contribution in [0.1, 0.15) is 48.2 Å². The van der Waals surface area contributed by atoms with Crippen molar-refractivity contribution in [2.75, 3.05) is 10.2 Å². The molecular weight excluding hydrogens is 396 g/mol. The molecule has 0 spiro atoms. The zero-order valence-corrected chi connectivity index (χ0v) is 18.0. The topological polar surface area (TPSA) is 70.4 Å². The van der Waals surface area contributed by atoms with E-state index in [1.54, 1.807) is 6.20 Å². The molecule has 154 valence electrons. The number of nitrogens with one attached hydrogen (secondary N) is 2. The Balaban J connectivity index is 1.74. The molecule has 4 rings (SSSR count). The van der Waals surface area contributed by atoms with Crippen LogP contribution in [0, 0.1) is 13.8 Å². The molecule has 2 atom stereocenters. The number of furan rings is 1. The molecular formula is C23H24N4O2S. The van der Waals surface area contributed by atoms with Crippen LogP contribution >= 0.6 is 12.2 Å². The lowest BCUT2D eigenvalue weighted by molar-refractivity contribution is -0.115. The minimum absolute atomic E-state index is 0.0108. The van der Waals surface area contributed by atoms with Crippen LogP contribution < -0.4 is 15.5 Å². The highest BCUT2D eigenvalue weighted by atomic mass is 32.1. The summed E-state index contributed by atoms with van der Waals surface area (Å²) in [5.41, 5.74) is 3.59. The summed E-state index contributed by atoms with van der Waals surface area (Å²) in [7, 11) is 0. The summed E-state index contributed by atoms with van der Waals surface area (Å²) in [4.78, 5) is 18.4. The van der Waals surface area contributed by atoms with Gasteiger partial charge in [0.05, 0.1) is 11.7 Å². The molecule has 0 saturated carbocycles. The van der Waals surface area contributed by atoms with Crippen LogP contribution in [0.2, 0.25) is 0 Å². The number of thiocarbonyl (C=S) groups is 1. The molecule has 6 nitrogen and oxygen atoms in total. The van der Waals surface area contributed by atoms with E-state index in [1.165, 1.54) is 0 Å². The van der Waals surface area contributed by atoms with Crippen LogP contribution in [-0.4, -0.2) is 16.0 Å². The van der Waals surface area contributed by atoms with Crippen LogP contribution in [-0.2, 0) is 4.79 Å². The Labute approximate surface area is 181 Å². The number of anilines is 2. The Morgan fingerprint density at radius 3 is 2.70 bits per heavy atom. The van der Waals surface area contributed by atoms with Crippen LogP contribution in [0.4, 0.5) is 11.4 Å². The average Bonchev–Trinajstić information content (AvgIpc) is 3.32. The summed E-state index contributed by atoms with van der Waals surface area (Å²) in [6.07, 6.45) is 2.22.